The lowest BCUT2D eigenvalue weighted by Crippen LogP contribution is -1.98. The average molecular weight is 265 g/mol. The van der Waals surface area contributed by atoms with Gasteiger partial charge in [-0.25, -0.2) is 4.98 Å². The molecule has 1 aromatic heterocycles. The van der Waals surface area contributed by atoms with Gasteiger partial charge in [0, 0.05) is 17.6 Å². The third-order valence-electron chi connectivity index (χ3n) is 2.46. The van der Waals surface area contributed by atoms with E-state index in [9.17, 15) is 0 Å². The van der Waals surface area contributed by atoms with E-state index < -0.39 is 0 Å². The van der Waals surface area contributed by atoms with Crippen LogP contribution in [0.4, 0.5) is 0 Å². The molecule has 1 heterocycles. The van der Waals surface area contributed by atoms with Crippen LogP contribution in [0.25, 0.3) is 0 Å². The highest BCUT2D eigenvalue weighted by Crippen LogP contribution is 2.34. The number of nitrogens with zero attached hydrogens (tertiary/aromatic N) is 1. The lowest BCUT2D eigenvalue weighted by atomic mass is 10.2. The maximum atomic E-state index is 6.25. The molecule has 0 aliphatic carbocycles. The molecule has 88 valence electrons. The second kappa shape index (κ2) is 5.54. The van der Waals surface area contributed by atoms with Crippen molar-refractivity contribution in [1.29, 1.82) is 0 Å². The fourth-order valence-electron chi connectivity index (χ4n) is 1.47. The summed E-state index contributed by atoms with van der Waals surface area (Å²) in [6.45, 7) is 2.51. The lowest BCUT2D eigenvalue weighted by molar-refractivity contribution is 1.02. The van der Waals surface area contributed by atoms with Crippen LogP contribution in [0.5, 0.6) is 0 Å². The molecule has 0 atom stereocenters. The Labute approximate surface area is 110 Å². The molecule has 0 amide bonds. The smallest absolute Gasteiger partial charge is 0.120 e. The average Bonchev–Trinajstić information content (AvgIpc) is 2.34. The first-order valence-corrected chi connectivity index (χ1v) is 6.48. The molecular weight excluding hydrogens is 252 g/mol. The molecule has 0 aliphatic rings. The van der Waals surface area contributed by atoms with Gasteiger partial charge in [0.25, 0.3) is 0 Å². The molecule has 0 bridgehead atoms. The van der Waals surface area contributed by atoms with Crippen LogP contribution in [0.15, 0.2) is 46.5 Å². The summed E-state index contributed by atoms with van der Waals surface area (Å²) >= 11 is 7.82. The summed E-state index contributed by atoms with van der Waals surface area (Å²) in [6.07, 6.45) is 1.74. The monoisotopic (exact) mass is 264 g/mol. The van der Waals surface area contributed by atoms with Crippen LogP contribution in [-0.2, 0) is 6.54 Å². The van der Waals surface area contributed by atoms with Gasteiger partial charge in [-0.3, -0.25) is 0 Å². The molecule has 0 saturated carbocycles. The van der Waals surface area contributed by atoms with E-state index in [1.165, 1.54) is 5.56 Å². The number of pyridine rings is 1. The van der Waals surface area contributed by atoms with Gasteiger partial charge in [0.2, 0.25) is 0 Å². The lowest BCUT2D eigenvalue weighted by Gasteiger charge is -2.08. The minimum Gasteiger partial charge on any atom is -0.326 e. The van der Waals surface area contributed by atoms with Gasteiger partial charge in [0.05, 0.1) is 5.02 Å². The third-order valence-corrected chi connectivity index (χ3v) is 4.17. The fraction of sp³-hybridized carbons (Fsp3) is 0.154. The maximum Gasteiger partial charge on any atom is 0.120 e. The topological polar surface area (TPSA) is 38.9 Å². The largest absolute Gasteiger partial charge is 0.326 e. The van der Waals surface area contributed by atoms with Gasteiger partial charge in [-0.1, -0.05) is 41.6 Å². The Bertz CT molecular complexity index is 529. The number of nitrogens with two attached hydrogens (primary N) is 1. The zero-order valence-corrected chi connectivity index (χ0v) is 11.1. The summed E-state index contributed by atoms with van der Waals surface area (Å²) in [6, 6.07) is 10.0. The van der Waals surface area contributed by atoms with E-state index in [4.69, 9.17) is 17.3 Å². The van der Waals surface area contributed by atoms with E-state index in [0.29, 0.717) is 11.6 Å². The third kappa shape index (κ3) is 2.80. The van der Waals surface area contributed by atoms with Crippen LogP contribution in [0.2, 0.25) is 5.02 Å². The molecule has 1 aromatic carbocycles. The molecule has 0 saturated heterocycles. The molecule has 0 spiro atoms. The predicted octanol–water partition coefficient (Wildman–Crippen LogP) is 3.65. The summed E-state index contributed by atoms with van der Waals surface area (Å²) in [7, 11) is 0. The Morgan fingerprint density at radius 1 is 1.29 bits per heavy atom. The summed E-state index contributed by atoms with van der Waals surface area (Å²) in [4.78, 5) is 5.46. The number of benzene rings is 1. The van der Waals surface area contributed by atoms with Crippen LogP contribution in [0.3, 0.4) is 0 Å². The minimum absolute atomic E-state index is 0.433. The molecule has 2 N–H and O–H groups in total. The molecular formula is C13H13ClN2S. The van der Waals surface area contributed by atoms with Crippen molar-refractivity contribution in [2.45, 2.75) is 23.4 Å². The summed E-state index contributed by atoms with van der Waals surface area (Å²) < 4.78 is 0. The van der Waals surface area contributed by atoms with E-state index in [1.54, 1.807) is 18.0 Å². The van der Waals surface area contributed by atoms with Crippen molar-refractivity contribution in [1.82, 2.24) is 4.98 Å². The van der Waals surface area contributed by atoms with Crippen molar-refractivity contribution >= 4 is 23.4 Å². The van der Waals surface area contributed by atoms with Crippen molar-refractivity contribution in [2.24, 2.45) is 5.73 Å². The van der Waals surface area contributed by atoms with Gasteiger partial charge < -0.3 is 5.73 Å². The van der Waals surface area contributed by atoms with E-state index >= 15 is 0 Å². The Morgan fingerprint density at radius 3 is 2.76 bits per heavy atom. The van der Waals surface area contributed by atoms with E-state index in [2.05, 4.69) is 24.0 Å². The molecule has 2 aromatic rings. The van der Waals surface area contributed by atoms with Crippen molar-refractivity contribution in [2.75, 3.05) is 0 Å². The van der Waals surface area contributed by atoms with Crippen molar-refractivity contribution < 1.29 is 0 Å². The number of halogens is 1. The number of rotatable bonds is 3. The number of hydrogen-bond donors (Lipinski definition) is 1. The van der Waals surface area contributed by atoms with Gasteiger partial charge in [0.15, 0.2) is 0 Å². The van der Waals surface area contributed by atoms with E-state index in [0.717, 1.165) is 15.5 Å². The second-order valence-electron chi connectivity index (χ2n) is 3.66. The van der Waals surface area contributed by atoms with Crippen LogP contribution < -0.4 is 5.73 Å². The predicted molar refractivity (Wildman–Crippen MR) is 72.4 cm³/mol. The molecule has 17 heavy (non-hydrogen) atoms. The summed E-state index contributed by atoms with van der Waals surface area (Å²) in [5, 5.41) is 1.46. The first-order chi connectivity index (χ1) is 8.22. The van der Waals surface area contributed by atoms with Crippen molar-refractivity contribution in [3.63, 3.8) is 0 Å². The van der Waals surface area contributed by atoms with Crippen LogP contribution in [-0.4, -0.2) is 4.98 Å². The standard InChI is InChI=1S/C13H13ClN2S/c1-9-4-2-3-5-11(9)17-13-12(14)10(8-15)6-7-16-13/h2-7H,8,15H2,1H3. The summed E-state index contributed by atoms with van der Waals surface area (Å²) in [5.41, 5.74) is 7.77. The Hall–Kier alpha value is -1.03. The first-order valence-electron chi connectivity index (χ1n) is 5.29. The van der Waals surface area contributed by atoms with Gasteiger partial charge in [0.1, 0.15) is 5.03 Å². The molecule has 2 nitrogen and oxygen atoms in total. The van der Waals surface area contributed by atoms with E-state index in [-0.39, 0.29) is 0 Å². The fourth-order valence-corrected chi connectivity index (χ4v) is 2.69. The Balaban J connectivity index is 2.34. The van der Waals surface area contributed by atoms with Crippen molar-refractivity contribution in [3.8, 4) is 0 Å². The number of aryl methyl sites for hydroxylation is 1. The van der Waals surface area contributed by atoms with E-state index in [1.807, 2.05) is 18.2 Å². The van der Waals surface area contributed by atoms with Gasteiger partial charge >= 0.3 is 0 Å². The molecule has 2 rings (SSSR count). The zero-order valence-electron chi connectivity index (χ0n) is 9.48. The Kier molecular flexibility index (Phi) is 4.05. The highest BCUT2D eigenvalue weighted by molar-refractivity contribution is 7.99. The zero-order chi connectivity index (χ0) is 12.3. The molecule has 0 fully saturated rings. The summed E-state index contributed by atoms with van der Waals surface area (Å²) in [5.74, 6) is 0. The molecule has 4 heteroatoms. The van der Waals surface area contributed by atoms with Crippen LogP contribution in [0, 0.1) is 6.92 Å². The number of hydrogen-bond acceptors (Lipinski definition) is 3. The van der Waals surface area contributed by atoms with Gasteiger partial charge in [-0.15, -0.1) is 0 Å². The minimum atomic E-state index is 0.433. The van der Waals surface area contributed by atoms with Crippen LogP contribution in [0.1, 0.15) is 11.1 Å². The highest BCUT2D eigenvalue weighted by atomic mass is 35.5. The molecule has 0 unspecified atom stereocenters. The van der Waals surface area contributed by atoms with Crippen LogP contribution >= 0.6 is 23.4 Å². The normalized spacial score (nSPS) is 10.5. The molecule has 0 aliphatic heterocycles. The Morgan fingerprint density at radius 2 is 2.06 bits per heavy atom. The molecule has 0 radical (unpaired) electrons. The first kappa shape index (κ1) is 12.4. The highest BCUT2D eigenvalue weighted by Gasteiger charge is 2.09. The van der Waals surface area contributed by atoms with Crippen molar-refractivity contribution in [3.05, 3.63) is 52.7 Å². The maximum absolute atomic E-state index is 6.25. The number of aromatic nitrogens is 1. The SMILES string of the molecule is Cc1ccccc1Sc1nccc(CN)c1Cl. The van der Waals surface area contributed by atoms with Gasteiger partial charge in [-0.2, -0.15) is 0 Å². The quantitative estimate of drug-likeness (QED) is 0.920. The second-order valence-corrected chi connectivity index (χ2v) is 5.07. The van der Waals surface area contributed by atoms with Gasteiger partial charge in [-0.05, 0) is 30.2 Å².